The highest BCUT2D eigenvalue weighted by atomic mass is 35.5. The summed E-state index contributed by atoms with van der Waals surface area (Å²) in [4.78, 5) is 42.3. The molecule has 1 saturated carbocycles. The monoisotopic (exact) mass is 441 g/mol. The van der Waals surface area contributed by atoms with E-state index >= 15 is 0 Å². The van der Waals surface area contributed by atoms with Gasteiger partial charge >= 0.3 is 6.09 Å². The molecular formula is C23H24ClN3O4. The zero-order valence-electron chi connectivity index (χ0n) is 17.5. The maximum absolute atomic E-state index is 12.4. The van der Waals surface area contributed by atoms with Crippen molar-refractivity contribution in [1.82, 2.24) is 10.3 Å². The van der Waals surface area contributed by atoms with Crippen LogP contribution in [0, 0.1) is 0 Å². The highest BCUT2D eigenvalue weighted by molar-refractivity contribution is 6.34. The van der Waals surface area contributed by atoms with Gasteiger partial charge in [0.1, 0.15) is 5.82 Å². The van der Waals surface area contributed by atoms with Gasteiger partial charge in [0.05, 0.1) is 18.1 Å². The lowest BCUT2D eigenvalue weighted by molar-refractivity contribution is -0.134. The second-order valence-corrected chi connectivity index (χ2v) is 8.65. The fraction of sp³-hybridized carbons (Fsp3) is 0.391. The van der Waals surface area contributed by atoms with Crippen LogP contribution in [0.4, 0.5) is 10.6 Å². The van der Waals surface area contributed by atoms with Crippen LogP contribution in [0.15, 0.2) is 36.5 Å². The Morgan fingerprint density at radius 2 is 2.03 bits per heavy atom. The molecule has 7 nitrogen and oxygen atoms in total. The molecule has 2 fully saturated rings. The van der Waals surface area contributed by atoms with Crippen molar-refractivity contribution in [3.05, 3.63) is 47.1 Å². The predicted molar refractivity (Wildman–Crippen MR) is 117 cm³/mol. The molecule has 1 atom stereocenters. The van der Waals surface area contributed by atoms with Crippen molar-refractivity contribution in [2.45, 2.75) is 50.5 Å². The third kappa shape index (κ3) is 3.90. The van der Waals surface area contributed by atoms with Crippen molar-refractivity contribution < 1.29 is 19.1 Å². The number of halogens is 1. The van der Waals surface area contributed by atoms with Crippen molar-refractivity contribution in [3.63, 3.8) is 0 Å². The smallest absolute Gasteiger partial charge is 0.415 e. The quantitative estimate of drug-likeness (QED) is 0.708. The molecule has 0 bridgehead atoms. The number of rotatable bonds is 4. The Morgan fingerprint density at radius 3 is 2.61 bits per heavy atom. The van der Waals surface area contributed by atoms with Crippen LogP contribution in [0.25, 0.3) is 11.1 Å². The van der Waals surface area contributed by atoms with Gasteiger partial charge in [-0.05, 0) is 50.3 Å². The molecule has 1 aromatic heterocycles. The zero-order chi connectivity index (χ0) is 22.2. The first-order valence-electron chi connectivity index (χ1n) is 10.3. The van der Waals surface area contributed by atoms with Gasteiger partial charge in [0, 0.05) is 29.3 Å². The number of aromatic nitrogens is 1. The molecule has 8 heteroatoms. The molecule has 0 radical (unpaired) electrons. The molecule has 31 heavy (non-hydrogen) atoms. The minimum atomic E-state index is -0.467. The Labute approximate surface area is 185 Å². The molecule has 1 aromatic carbocycles. The van der Waals surface area contributed by atoms with Crippen molar-refractivity contribution in [2.24, 2.45) is 0 Å². The number of nitrogens with one attached hydrogen (secondary N) is 1. The second kappa shape index (κ2) is 8.30. The van der Waals surface area contributed by atoms with Crippen molar-refractivity contribution in [1.29, 1.82) is 0 Å². The summed E-state index contributed by atoms with van der Waals surface area (Å²) in [5, 5.41) is 2.84. The van der Waals surface area contributed by atoms with Crippen LogP contribution in [-0.2, 0) is 14.3 Å². The Hall–Kier alpha value is -2.93. The topological polar surface area (TPSA) is 88.6 Å². The third-order valence-corrected chi connectivity index (χ3v) is 6.68. The number of anilines is 1. The number of imide groups is 1. The van der Waals surface area contributed by atoms with Crippen LogP contribution < -0.4 is 10.2 Å². The first kappa shape index (κ1) is 21.3. The van der Waals surface area contributed by atoms with Crippen LogP contribution in [-0.4, -0.2) is 35.5 Å². The molecular weight excluding hydrogens is 418 g/mol. The summed E-state index contributed by atoms with van der Waals surface area (Å²) in [6.45, 7) is 2.03. The Morgan fingerprint density at radius 1 is 1.26 bits per heavy atom. The highest BCUT2D eigenvalue weighted by Crippen LogP contribution is 2.41. The van der Waals surface area contributed by atoms with E-state index in [1.165, 1.54) is 7.11 Å². The number of hydrogen-bond donors (Lipinski definition) is 1. The molecule has 1 saturated heterocycles. The Kier molecular flexibility index (Phi) is 5.71. The summed E-state index contributed by atoms with van der Waals surface area (Å²) in [6, 6.07) is 9.15. The molecule has 2 aromatic rings. The van der Waals surface area contributed by atoms with E-state index in [0.717, 1.165) is 30.4 Å². The minimum Gasteiger partial charge on any atom is -0.452 e. The summed E-state index contributed by atoms with van der Waals surface area (Å²) in [5.41, 5.74) is 1.89. The summed E-state index contributed by atoms with van der Waals surface area (Å²) < 4.78 is 4.99. The largest absolute Gasteiger partial charge is 0.452 e. The molecule has 4 rings (SSSR count). The summed E-state index contributed by atoms with van der Waals surface area (Å²) in [7, 11) is 1.37. The van der Waals surface area contributed by atoms with Gasteiger partial charge in [-0.15, -0.1) is 0 Å². The summed E-state index contributed by atoms with van der Waals surface area (Å²) >= 11 is 6.68. The number of ether oxygens (including phenoxy) is 1. The van der Waals surface area contributed by atoms with Crippen LogP contribution in [0.3, 0.4) is 0 Å². The lowest BCUT2D eigenvalue weighted by atomic mass is 9.77. The fourth-order valence-electron chi connectivity index (χ4n) is 4.30. The van der Waals surface area contributed by atoms with E-state index < -0.39 is 12.0 Å². The standard InChI is InChI=1S/C23H24ClN3O4/c1-23(11-4-12-23)27(22(30)31-2)18-9-7-14(13-25-18)15-5-3-6-16(20(15)24)17-8-10-19(28)26-21(17)29/h3,5-7,9,13,17H,4,8,10-12H2,1-2H3,(H,26,28,29). The van der Waals surface area contributed by atoms with Crippen molar-refractivity contribution in [3.8, 4) is 11.1 Å². The van der Waals surface area contributed by atoms with E-state index in [4.69, 9.17) is 16.3 Å². The van der Waals surface area contributed by atoms with E-state index in [2.05, 4.69) is 10.3 Å². The fourth-order valence-corrected chi connectivity index (χ4v) is 4.67. The number of pyridine rings is 1. The zero-order valence-corrected chi connectivity index (χ0v) is 18.2. The van der Waals surface area contributed by atoms with E-state index in [0.29, 0.717) is 22.8 Å². The van der Waals surface area contributed by atoms with Gasteiger partial charge in [-0.1, -0.05) is 29.8 Å². The van der Waals surface area contributed by atoms with Gasteiger partial charge in [-0.25, -0.2) is 9.78 Å². The Bertz CT molecular complexity index is 1030. The van der Waals surface area contributed by atoms with Crippen molar-refractivity contribution >= 4 is 35.3 Å². The molecule has 1 N–H and O–H groups in total. The van der Waals surface area contributed by atoms with Crippen LogP contribution in [0.2, 0.25) is 5.02 Å². The molecule has 0 spiro atoms. The van der Waals surface area contributed by atoms with Gasteiger partial charge in [0.15, 0.2) is 0 Å². The van der Waals surface area contributed by atoms with Crippen molar-refractivity contribution in [2.75, 3.05) is 12.0 Å². The molecule has 162 valence electrons. The number of piperidine rings is 1. The average molecular weight is 442 g/mol. The number of amides is 3. The molecule has 1 unspecified atom stereocenters. The van der Waals surface area contributed by atoms with Gasteiger partial charge in [0.25, 0.3) is 0 Å². The van der Waals surface area contributed by atoms with Gasteiger partial charge in [0.2, 0.25) is 11.8 Å². The van der Waals surface area contributed by atoms with Gasteiger partial charge < -0.3 is 4.74 Å². The van der Waals surface area contributed by atoms with Crippen LogP contribution >= 0.6 is 11.6 Å². The third-order valence-electron chi connectivity index (χ3n) is 6.26. The van der Waals surface area contributed by atoms with Crippen LogP contribution in [0.1, 0.15) is 50.5 Å². The molecule has 1 aliphatic heterocycles. The molecule has 2 heterocycles. The number of hydrogen-bond acceptors (Lipinski definition) is 5. The number of carbonyl (C=O) groups is 3. The van der Waals surface area contributed by atoms with Gasteiger partial charge in [-0.2, -0.15) is 0 Å². The van der Waals surface area contributed by atoms with E-state index in [1.54, 1.807) is 17.2 Å². The first-order valence-corrected chi connectivity index (χ1v) is 10.7. The number of benzene rings is 1. The molecule has 2 aliphatic rings. The number of carbonyl (C=O) groups excluding carboxylic acids is 3. The number of nitrogens with zero attached hydrogens (tertiary/aromatic N) is 2. The predicted octanol–water partition coefficient (Wildman–Crippen LogP) is 4.44. The number of methoxy groups -OCH3 is 1. The summed E-state index contributed by atoms with van der Waals surface area (Å²) in [6.07, 6.45) is 4.80. The van der Waals surface area contributed by atoms with E-state index in [-0.39, 0.29) is 23.8 Å². The molecule has 3 amide bonds. The first-order chi connectivity index (χ1) is 14.8. The van der Waals surface area contributed by atoms with Crippen LogP contribution in [0.5, 0.6) is 0 Å². The average Bonchev–Trinajstić information content (AvgIpc) is 2.74. The molecule has 1 aliphatic carbocycles. The SMILES string of the molecule is COC(=O)N(c1ccc(-c2cccc(C3CCC(=O)NC3=O)c2Cl)cn1)C1(C)CCC1. The van der Waals surface area contributed by atoms with E-state index in [9.17, 15) is 14.4 Å². The Balaban J connectivity index is 1.64. The lowest BCUT2D eigenvalue weighted by Crippen LogP contribution is -2.54. The normalized spacial score (nSPS) is 19.9. The second-order valence-electron chi connectivity index (χ2n) is 8.27. The maximum atomic E-state index is 12.4. The van der Waals surface area contributed by atoms with Gasteiger partial charge in [-0.3, -0.25) is 19.8 Å². The highest BCUT2D eigenvalue weighted by Gasteiger charge is 2.43. The minimum absolute atomic E-state index is 0.261. The lowest BCUT2D eigenvalue weighted by Gasteiger charge is -2.46. The van der Waals surface area contributed by atoms with E-state index in [1.807, 2.05) is 31.2 Å². The maximum Gasteiger partial charge on any atom is 0.415 e. The summed E-state index contributed by atoms with van der Waals surface area (Å²) in [5.74, 6) is -0.532.